The lowest BCUT2D eigenvalue weighted by atomic mass is 10.1. The summed E-state index contributed by atoms with van der Waals surface area (Å²) in [6.07, 6.45) is 4.09. The van der Waals surface area contributed by atoms with Crippen molar-refractivity contribution in [2.24, 2.45) is 0 Å². The Kier molecular flexibility index (Phi) is 7.68. The minimum Gasteiger partial charge on any atom is -0.444 e. The molecule has 168 valence electrons. The second-order valence-electron chi connectivity index (χ2n) is 8.75. The smallest absolute Gasteiger partial charge is 0.410 e. The molecule has 1 N–H and O–H groups in total. The van der Waals surface area contributed by atoms with E-state index >= 15 is 0 Å². The first-order chi connectivity index (χ1) is 14.8. The van der Waals surface area contributed by atoms with Gasteiger partial charge in [0.05, 0.1) is 0 Å². The van der Waals surface area contributed by atoms with E-state index < -0.39 is 11.6 Å². The van der Waals surface area contributed by atoms with Crippen molar-refractivity contribution >= 4 is 12.0 Å². The van der Waals surface area contributed by atoms with E-state index in [0.29, 0.717) is 19.6 Å². The SMILES string of the molecule is CC(C)(C)OC(=O)N1CCN(CCCNC(=O)C(c2ccccc2)n2cccn2)CC1. The molecule has 0 aliphatic carbocycles. The maximum absolute atomic E-state index is 12.9. The van der Waals surface area contributed by atoms with Gasteiger partial charge in [0.1, 0.15) is 5.60 Å². The Morgan fingerprint density at radius 2 is 1.81 bits per heavy atom. The Bertz CT molecular complexity index is 825. The first-order valence-corrected chi connectivity index (χ1v) is 10.9. The van der Waals surface area contributed by atoms with Crippen molar-refractivity contribution in [2.75, 3.05) is 39.3 Å². The molecule has 8 nitrogen and oxygen atoms in total. The number of benzene rings is 1. The molecular formula is C23H33N5O3. The third-order valence-electron chi connectivity index (χ3n) is 5.13. The van der Waals surface area contributed by atoms with Gasteiger partial charge in [-0.15, -0.1) is 0 Å². The third kappa shape index (κ3) is 6.82. The molecule has 8 heteroatoms. The number of hydrogen-bond acceptors (Lipinski definition) is 5. The first kappa shape index (κ1) is 22.8. The minimum atomic E-state index is -0.478. The van der Waals surface area contributed by atoms with Crippen molar-refractivity contribution in [3.63, 3.8) is 0 Å². The van der Waals surface area contributed by atoms with Gasteiger partial charge in [-0.1, -0.05) is 30.3 Å². The van der Waals surface area contributed by atoms with Gasteiger partial charge in [-0.25, -0.2) is 4.79 Å². The number of hydrogen-bond donors (Lipinski definition) is 1. The quantitative estimate of drug-likeness (QED) is 0.687. The lowest BCUT2D eigenvalue weighted by molar-refractivity contribution is -0.123. The number of ether oxygens (including phenoxy) is 1. The summed E-state index contributed by atoms with van der Waals surface area (Å²) in [6, 6.07) is 11.0. The Hall–Kier alpha value is -2.87. The second-order valence-corrected chi connectivity index (χ2v) is 8.75. The summed E-state index contributed by atoms with van der Waals surface area (Å²) in [5.41, 5.74) is 0.433. The fourth-order valence-electron chi connectivity index (χ4n) is 3.58. The van der Waals surface area contributed by atoms with Crippen molar-refractivity contribution in [3.05, 3.63) is 54.4 Å². The van der Waals surface area contributed by atoms with Crippen LogP contribution < -0.4 is 5.32 Å². The summed E-state index contributed by atoms with van der Waals surface area (Å²) in [5, 5.41) is 7.32. The van der Waals surface area contributed by atoms with E-state index in [9.17, 15) is 9.59 Å². The average molecular weight is 428 g/mol. The summed E-state index contributed by atoms with van der Waals surface area (Å²) >= 11 is 0. The number of carbonyl (C=O) groups is 2. The molecule has 0 saturated carbocycles. The molecule has 31 heavy (non-hydrogen) atoms. The van der Waals surface area contributed by atoms with E-state index in [0.717, 1.165) is 31.6 Å². The van der Waals surface area contributed by atoms with Gasteiger partial charge in [-0.3, -0.25) is 14.4 Å². The molecule has 2 aromatic rings. The molecule has 0 bridgehead atoms. The van der Waals surface area contributed by atoms with Crippen LogP contribution >= 0.6 is 0 Å². The molecule has 2 heterocycles. The van der Waals surface area contributed by atoms with E-state index in [2.05, 4.69) is 15.3 Å². The fourth-order valence-corrected chi connectivity index (χ4v) is 3.58. The van der Waals surface area contributed by atoms with E-state index in [1.165, 1.54) is 0 Å². The molecule has 1 saturated heterocycles. The number of nitrogens with one attached hydrogen (secondary N) is 1. The van der Waals surface area contributed by atoms with Crippen molar-refractivity contribution in [3.8, 4) is 0 Å². The van der Waals surface area contributed by atoms with Crippen LogP contribution in [0, 0.1) is 0 Å². The number of nitrogens with zero attached hydrogens (tertiary/aromatic N) is 4. The maximum atomic E-state index is 12.9. The van der Waals surface area contributed by atoms with Crippen molar-refractivity contribution in [2.45, 2.75) is 38.8 Å². The maximum Gasteiger partial charge on any atom is 0.410 e. The van der Waals surface area contributed by atoms with Gasteiger partial charge >= 0.3 is 6.09 Å². The fraction of sp³-hybridized carbons (Fsp3) is 0.522. The zero-order valence-corrected chi connectivity index (χ0v) is 18.7. The molecule has 1 atom stereocenters. The number of piperazine rings is 1. The Balaban J connectivity index is 1.41. The van der Waals surface area contributed by atoms with E-state index in [1.54, 1.807) is 22.0 Å². The third-order valence-corrected chi connectivity index (χ3v) is 5.13. The molecule has 1 aliphatic heterocycles. The van der Waals surface area contributed by atoms with Crippen LogP contribution in [0.2, 0.25) is 0 Å². The molecule has 0 spiro atoms. The zero-order chi connectivity index (χ0) is 22.3. The van der Waals surface area contributed by atoms with Crippen LogP contribution in [-0.4, -0.2) is 76.5 Å². The molecule has 2 amide bonds. The predicted molar refractivity (Wildman–Crippen MR) is 119 cm³/mol. The van der Waals surface area contributed by atoms with Crippen molar-refractivity contribution in [1.29, 1.82) is 0 Å². The van der Waals surface area contributed by atoms with Crippen LogP contribution in [0.25, 0.3) is 0 Å². The minimum absolute atomic E-state index is 0.0651. The van der Waals surface area contributed by atoms with Gasteiger partial charge in [0.25, 0.3) is 0 Å². The normalized spacial score (nSPS) is 16.0. The summed E-state index contributed by atoms with van der Waals surface area (Å²) in [6.45, 7) is 10.1. The van der Waals surface area contributed by atoms with Gasteiger partial charge in [0, 0.05) is 45.1 Å². The summed E-state index contributed by atoms with van der Waals surface area (Å²) in [4.78, 5) is 29.1. The summed E-state index contributed by atoms with van der Waals surface area (Å²) < 4.78 is 7.12. The molecule has 1 aromatic carbocycles. The number of aromatic nitrogens is 2. The van der Waals surface area contributed by atoms with Crippen molar-refractivity contribution < 1.29 is 14.3 Å². The highest BCUT2D eigenvalue weighted by Crippen LogP contribution is 2.17. The lowest BCUT2D eigenvalue weighted by Crippen LogP contribution is -2.50. The highest BCUT2D eigenvalue weighted by molar-refractivity contribution is 5.83. The van der Waals surface area contributed by atoms with Crippen LogP contribution in [0.15, 0.2) is 48.8 Å². The van der Waals surface area contributed by atoms with Gasteiger partial charge in [-0.2, -0.15) is 5.10 Å². The molecule has 1 aliphatic rings. The second kappa shape index (κ2) is 10.4. The van der Waals surface area contributed by atoms with E-state index in [-0.39, 0.29) is 12.0 Å². The molecule has 3 rings (SSSR count). The van der Waals surface area contributed by atoms with E-state index in [1.807, 2.05) is 57.2 Å². The highest BCUT2D eigenvalue weighted by Gasteiger charge is 2.26. The van der Waals surface area contributed by atoms with Gasteiger partial charge < -0.3 is 15.0 Å². The number of rotatable bonds is 7. The van der Waals surface area contributed by atoms with Gasteiger partial charge in [-0.05, 0) is 45.4 Å². The largest absolute Gasteiger partial charge is 0.444 e. The topological polar surface area (TPSA) is 79.7 Å². The average Bonchev–Trinajstić information content (AvgIpc) is 3.25. The zero-order valence-electron chi connectivity index (χ0n) is 18.7. The van der Waals surface area contributed by atoms with Gasteiger partial charge in [0.2, 0.25) is 5.91 Å². The van der Waals surface area contributed by atoms with Crippen LogP contribution in [0.3, 0.4) is 0 Å². The van der Waals surface area contributed by atoms with Crippen LogP contribution in [0.1, 0.15) is 38.8 Å². The Labute approximate surface area is 184 Å². The monoisotopic (exact) mass is 427 g/mol. The molecule has 1 aromatic heterocycles. The Morgan fingerprint density at radius 3 is 2.42 bits per heavy atom. The lowest BCUT2D eigenvalue weighted by Gasteiger charge is -2.35. The van der Waals surface area contributed by atoms with Crippen LogP contribution in [0.4, 0.5) is 4.79 Å². The molecule has 0 radical (unpaired) electrons. The summed E-state index contributed by atoms with van der Waals surface area (Å²) in [7, 11) is 0. The number of carbonyl (C=O) groups excluding carboxylic acids is 2. The van der Waals surface area contributed by atoms with Crippen LogP contribution in [0.5, 0.6) is 0 Å². The number of amides is 2. The summed E-state index contributed by atoms with van der Waals surface area (Å²) in [5.74, 6) is -0.0651. The molecule has 1 fully saturated rings. The standard InChI is InChI=1S/C23H33N5O3/c1-23(2,3)31-22(30)27-17-15-26(16-18-27)13-7-11-24-21(29)20(28-14-8-12-25-28)19-9-5-4-6-10-19/h4-6,8-10,12,14,20H,7,11,13,15-18H2,1-3H3,(H,24,29). The molecule has 1 unspecified atom stereocenters. The van der Waals surface area contributed by atoms with Crippen molar-refractivity contribution in [1.82, 2.24) is 24.9 Å². The predicted octanol–water partition coefficient (Wildman–Crippen LogP) is 2.53. The first-order valence-electron chi connectivity index (χ1n) is 10.9. The van der Waals surface area contributed by atoms with Gasteiger partial charge in [0.15, 0.2) is 6.04 Å². The highest BCUT2D eigenvalue weighted by atomic mass is 16.6. The van der Waals surface area contributed by atoms with Crippen LogP contribution in [-0.2, 0) is 9.53 Å². The molecular weight excluding hydrogens is 394 g/mol. The Morgan fingerprint density at radius 1 is 1.10 bits per heavy atom. The van der Waals surface area contributed by atoms with E-state index in [4.69, 9.17) is 4.74 Å².